The second-order valence-electron chi connectivity index (χ2n) is 3.30. The Kier molecular flexibility index (Phi) is 2.62. The molecular formula is C10H14N4. The van der Waals surface area contributed by atoms with Crippen LogP contribution in [0.5, 0.6) is 0 Å². The van der Waals surface area contributed by atoms with Crippen molar-refractivity contribution in [1.29, 1.82) is 0 Å². The van der Waals surface area contributed by atoms with E-state index in [-0.39, 0.29) is 0 Å². The van der Waals surface area contributed by atoms with Crippen LogP contribution in [0.3, 0.4) is 0 Å². The van der Waals surface area contributed by atoms with Crippen molar-refractivity contribution < 1.29 is 0 Å². The molecule has 4 heteroatoms. The van der Waals surface area contributed by atoms with Gasteiger partial charge in [-0.05, 0) is 19.0 Å². The Bertz CT molecular complexity index is 300. The summed E-state index contributed by atoms with van der Waals surface area (Å²) >= 11 is 0. The first-order chi connectivity index (χ1) is 6.90. The van der Waals surface area contributed by atoms with Gasteiger partial charge in [-0.15, -0.1) is 0 Å². The van der Waals surface area contributed by atoms with Gasteiger partial charge in [-0.2, -0.15) is 0 Å². The first kappa shape index (κ1) is 8.99. The molecule has 1 N–H and O–H groups in total. The quantitative estimate of drug-likeness (QED) is 0.786. The topological polar surface area (TPSA) is 41.1 Å². The lowest BCUT2D eigenvalue weighted by molar-refractivity contribution is 0.927. The van der Waals surface area contributed by atoms with Crippen molar-refractivity contribution in [2.75, 3.05) is 23.3 Å². The van der Waals surface area contributed by atoms with Gasteiger partial charge >= 0.3 is 0 Å². The Balaban J connectivity index is 2.08. The van der Waals surface area contributed by atoms with Gasteiger partial charge in [-0.3, -0.25) is 0 Å². The van der Waals surface area contributed by atoms with Crippen LogP contribution in [-0.4, -0.2) is 23.1 Å². The second kappa shape index (κ2) is 4.09. The molecule has 4 nitrogen and oxygen atoms in total. The highest BCUT2D eigenvalue weighted by molar-refractivity contribution is 5.42. The summed E-state index contributed by atoms with van der Waals surface area (Å²) in [5, 5.41) is 2.90. The maximum absolute atomic E-state index is 4.33. The molecule has 1 saturated heterocycles. The number of anilines is 2. The molecule has 0 atom stereocenters. The molecule has 1 fully saturated rings. The van der Waals surface area contributed by atoms with Gasteiger partial charge in [-0.25, -0.2) is 9.97 Å². The lowest BCUT2D eigenvalue weighted by Gasteiger charge is -2.15. The van der Waals surface area contributed by atoms with E-state index in [0.717, 1.165) is 24.7 Å². The maximum Gasteiger partial charge on any atom is 0.148 e. The highest BCUT2D eigenvalue weighted by atomic mass is 15.2. The lowest BCUT2D eigenvalue weighted by Crippen LogP contribution is -2.19. The molecule has 0 saturated carbocycles. The Morgan fingerprint density at radius 1 is 1.29 bits per heavy atom. The summed E-state index contributed by atoms with van der Waals surface area (Å²) in [7, 11) is 0. The summed E-state index contributed by atoms with van der Waals surface area (Å²) in [5.41, 5.74) is 0. The molecule has 0 spiro atoms. The largest absolute Gasteiger partial charge is 0.355 e. The zero-order valence-electron chi connectivity index (χ0n) is 8.11. The molecule has 0 aromatic carbocycles. The number of nitrogens with zero attached hydrogens (tertiary/aromatic N) is 3. The first-order valence-corrected chi connectivity index (χ1v) is 4.84. The van der Waals surface area contributed by atoms with Gasteiger partial charge in [0.25, 0.3) is 0 Å². The predicted octanol–water partition coefficient (Wildman–Crippen LogP) is 1.63. The van der Waals surface area contributed by atoms with Crippen LogP contribution in [0.15, 0.2) is 25.2 Å². The van der Waals surface area contributed by atoms with Crippen molar-refractivity contribution in [3.05, 3.63) is 25.2 Å². The molecule has 0 amide bonds. The summed E-state index contributed by atoms with van der Waals surface area (Å²) in [4.78, 5) is 10.8. The minimum Gasteiger partial charge on any atom is -0.355 e. The van der Waals surface area contributed by atoms with Crippen molar-refractivity contribution in [3.8, 4) is 0 Å². The van der Waals surface area contributed by atoms with E-state index >= 15 is 0 Å². The third-order valence-electron chi connectivity index (χ3n) is 2.32. The van der Waals surface area contributed by atoms with Crippen molar-refractivity contribution in [1.82, 2.24) is 9.97 Å². The predicted molar refractivity (Wildman–Crippen MR) is 57.3 cm³/mol. The highest BCUT2D eigenvalue weighted by Gasteiger charge is 2.13. The minimum absolute atomic E-state index is 0.739. The lowest BCUT2D eigenvalue weighted by atomic mass is 10.4. The van der Waals surface area contributed by atoms with E-state index in [9.17, 15) is 0 Å². The van der Waals surface area contributed by atoms with Crippen LogP contribution in [0.1, 0.15) is 12.8 Å². The smallest absolute Gasteiger partial charge is 0.148 e. The fraction of sp³-hybridized carbons (Fsp3) is 0.400. The van der Waals surface area contributed by atoms with Gasteiger partial charge in [0.05, 0.1) is 12.4 Å². The van der Waals surface area contributed by atoms with Gasteiger partial charge in [0, 0.05) is 13.1 Å². The van der Waals surface area contributed by atoms with Crippen LogP contribution in [0.25, 0.3) is 0 Å². The van der Waals surface area contributed by atoms with Crippen molar-refractivity contribution in [2.24, 2.45) is 0 Å². The van der Waals surface area contributed by atoms with Crippen LogP contribution in [0.4, 0.5) is 11.6 Å². The Morgan fingerprint density at radius 3 is 2.64 bits per heavy atom. The highest BCUT2D eigenvalue weighted by Crippen LogP contribution is 2.16. The maximum atomic E-state index is 4.33. The molecule has 1 aliphatic heterocycles. The van der Waals surface area contributed by atoms with E-state index < -0.39 is 0 Å². The monoisotopic (exact) mass is 190 g/mol. The van der Waals surface area contributed by atoms with Crippen LogP contribution in [0, 0.1) is 0 Å². The van der Waals surface area contributed by atoms with Crippen LogP contribution in [0.2, 0.25) is 0 Å². The Morgan fingerprint density at radius 2 is 2.07 bits per heavy atom. The first-order valence-electron chi connectivity index (χ1n) is 4.84. The van der Waals surface area contributed by atoms with Crippen molar-refractivity contribution in [2.45, 2.75) is 12.8 Å². The molecule has 1 aromatic rings. The summed E-state index contributed by atoms with van der Waals surface area (Å²) in [6, 6.07) is 0. The number of hydrogen-bond acceptors (Lipinski definition) is 4. The van der Waals surface area contributed by atoms with Gasteiger partial charge < -0.3 is 10.2 Å². The van der Waals surface area contributed by atoms with Crippen LogP contribution < -0.4 is 10.2 Å². The Hall–Kier alpha value is -1.58. The van der Waals surface area contributed by atoms with Gasteiger partial charge in [0.2, 0.25) is 0 Å². The second-order valence-corrected chi connectivity index (χ2v) is 3.30. The van der Waals surface area contributed by atoms with E-state index in [2.05, 4.69) is 26.8 Å². The summed E-state index contributed by atoms with van der Waals surface area (Å²) in [5.74, 6) is 1.71. The fourth-order valence-electron chi connectivity index (χ4n) is 1.61. The molecule has 0 unspecified atom stereocenters. The zero-order valence-corrected chi connectivity index (χ0v) is 8.11. The molecule has 1 aliphatic rings. The van der Waals surface area contributed by atoms with Crippen molar-refractivity contribution >= 4 is 11.6 Å². The van der Waals surface area contributed by atoms with Crippen LogP contribution in [-0.2, 0) is 0 Å². The number of aromatic nitrogens is 2. The normalized spacial score (nSPS) is 15.6. The van der Waals surface area contributed by atoms with E-state index in [1.54, 1.807) is 18.6 Å². The van der Waals surface area contributed by atoms with E-state index in [4.69, 9.17) is 0 Å². The number of rotatable bonds is 3. The molecule has 14 heavy (non-hydrogen) atoms. The standard InChI is InChI=1S/C10H14N4/c1-2-11-9-7-13-10(8-12-9)14-5-3-4-6-14/h2,7-8H,1,3-6H2,(H,11,12). The summed E-state index contributed by atoms with van der Waals surface area (Å²) in [6.07, 6.45) is 7.65. The number of hydrogen-bond donors (Lipinski definition) is 1. The zero-order chi connectivity index (χ0) is 9.80. The average molecular weight is 190 g/mol. The molecular weight excluding hydrogens is 176 g/mol. The molecule has 2 rings (SSSR count). The Labute approximate surface area is 83.7 Å². The van der Waals surface area contributed by atoms with Crippen molar-refractivity contribution in [3.63, 3.8) is 0 Å². The third-order valence-corrected chi connectivity index (χ3v) is 2.32. The van der Waals surface area contributed by atoms with E-state index in [1.165, 1.54) is 12.8 Å². The molecule has 2 heterocycles. The third kappa shape index (κ3) is 1.84. The molecule has 1 aromatic heterocycles. The molecule has 74 valence electrons. The van der Waals surface area contributed by atoms with Crippen LogP contribution >= 0.6 is 0 Å². The molecule has 0 radical (unpaired) electrons. The van der Waals surface area contributed by atoms with E-state index in [1.807, 2.05) is 0 Å². The minimum atomic E-state index is 0.739. The summed E-state index contributed by atoms with van der Waals surface area (Å²) in [6.45, 7) is 5.77. The van der Waals surface area contributed by atoms with Gasteiger partial charge in [0.15, 0.2) is 0 Å². The molecule has 0 aliphatic carbocycles. The SMILES string of the molecule is C=CNc1cnc(N2CCCC2)cn1. The average Bonchev–Trinajstić information content (AvgIpc) is 2.72. The van der Waals surface area contributed by atoms with Gasteiger partial charge in [-0.1, -0.05) is 6.58 Å². The number of nitrogens with one attached hydrogen (secondary N) is 1. The summed E-state index contributed by atoms with van der Waals surface area (Å²) < 4.78 is 0. The molecule has 0 bridgehead atoms. The van der Waals surface area contributed by atoms with Gasteiger partial charge in [0.1, 0.15) is 11.6 Å². The van der Waals surface area contributed by atoms with E-state index in [0.29, 0.717) is 0 Å². The fourth-order valence-corrected chi connectivity index (χ4v) is 1.61.